The second-order valence-corrected chi connectivity index (χ2v) is 8.95. The second-order valence-electron chi connectivity index (χ2n) is 7.64. The van der Waals surface area contributed by atoms with Crippen LogP contribution in [0.2, 0.25) is 0 Å². The van der Waals surface area contributed by atoms with Crippen molar-refractivity contribution >= 4 is 17.7 Å². The summed E-state index contributed by atoms with van der Waals surface area (Å²) in [6.45, 7) is 2.87. The normalized spacial score (nSPS) is 11.8. The average Bonchev–Trinajstić information content (AvgIpc) is 3.22. The monoisotopic (exact) mass is 460 g/mol. The second kappa shape index (κ2) is 10.9. The molecule has 0 aliphatic rings. The predicted octanol–water partition coefficient (Wildman–Crippen LogP) is 4.97. The van der Waals surface area contributed by atoms with Gasteiger partial charge in [0.15, 0.2) is 11.0 Å². The van der Waals surface area contributed by atoms with Crippen molar-refractivity contribution in [1.29, 1.82) is 0 Å². The summed E-state index contributed by atoms with van der Waals surface area (Å²) in [5.74, 6) is 0.0104. The van der Waals surface area contributed by atoms with E-state index in [4.69, 9.17) is 0 Å². The lowest BCUT2D eigenvalue weighted by atomic mass is 10.1. The number of carbonyl (C=O) groups is 1. The third-order valence-electron chi connectivity index (χ3n) is 5.22. The first-order valence-electron chi connectivity index (χ1n) is 10.8. The molecule has 0 saturated heterocycles. The van der Waals surface area contributed by atoms with Gasteiger partial charge in [0.25, 0.3) is 0 Å². The van der Waals surface area contributed by atoms with Crippen molar-refractivity contribution in [2.45, 2.75) is 30.3 Å². The van der Waals surface area contributed by atoms with Crippen LogP contribution in [0.25, 0.3) is 11.4 Å². The molecule has 4 aromatic rings. The number of halogens is 1. The van der Waals surface area contributed by atoms with Crippen molar-refractivity contribution in [3.63, 3.8) is 0 Å². The van der Waals surface area contributed by atoms with Crippen LogP contribution >= 0.6 is 11.8 Å². The smallest absolute Gasteiger partial charge is 0.233 e. The maximum absolute atomic E-state index is 14.5. The van der Waals surface area contributed by atoms with Crippen molar-refractivity contribution in [3.8, 4) is 11.4 Å². The van der Waals surface area contributed by atoms with Gasteiger partial charge in [0.1, 0.15) is 5.82 Å². The van der Waals surface area contributed by atoms with Gasteiger partial charge in [0.2, 0.25) is 5.91 Å². The Balaban J connectivity index is 1.50. The molecule has 1 unspecified atom stereocenters. The van der Waals surface area contributed by atoms with E-state index >= 15 is 0 Å². The molecule has 0 aliphatic carbocycles. The van der Waals surface area contributed by atoms with Crippen LogP contribution < -0.4 is 5.32 Å². The molecule has 3 aromatic carbocycles. The minimum atomic E-state index is -0.382. The Hall–Kier alpha value is -3.45. The Kier molecular flexibility index (Phi) is 7.52. The van der Waals surface area contributed by atoms with Gasteiger partial charge in [0.05, 0.1) is 17.4 Å². The number of aromatic nitrogens is 3. The summed E-state index contributed by atoms with van der Waals surface area (Å²) < 4.78 is 16.4. The Morgan fingerprint density at radius 3 is 2.27 bits per heavy atom. The molecular weight excluding hydrogens is 435 g/mol. The molecule has 1 aromatic heterocycles. The molecule has 1 N–H and O–H groups in total. The molecule has 4 rings (SSSR count). The third-order valence-corrected chi connectivity index (χ3v) is 6.30. The molecule has 0 bridgehead atoms. The number of amides is 1. The van der Waals surface area contributed by atoms with Crippen LogP contribution in [0.15, 0.2) is 90.1 Å². The van der Waals surface area contributed by atoms with Crippen LogP contribution in [0.5, 0.6) is 0 Å². The van der Waals surface area contributed by atoms with Gasteiger partial charge in [-0.05, 0) is 36.6 Å². The molecule has 33 heavy (non-hydrogen) atoms. The maximum atomic E-state index is 14.5. The third kappa shape index (κ3) is 5.87. The van der Waals surface area contributed by atoms with Crippen molar-refractivity contribution in [2.75, 3.05) is 6.54 Å². The Morgan fingerprint density at radius 1 is 0.939 bits per heavy atom. The van der Waals surface area contributed by atoms with Crippen LogP contribution in [0, 0.1) is 5.82 Å². The highest BCUT2D eigenvalue weighted by Crippen LogP contribution is 2.29. The lowest BCUT2D eigenvalue weighted by Crippen LogP contribution is -2.32. The molecule has 1 atom stereocenters. The molecule has 1 amide bonds. The number of thioether (sulfide) groups is 1. The fourth-order valence-electron chi connectivity index (χ4n) is 3.46. The van der Waals surface area contributed by atoms with E-state index in [0.717, 1.165) is 12.0 Å². The Bertz CT molecular complexity index is 1200. The van der Waals surface area contributed by atoms with E-state index in [0.29, 0.717) is 29.6 Å². The average molecular weight is 461 g/mol. The zero-order chi connectivity index (χ0) is 23.0. The summed E-state index contributed by atoms with van der Waals surface area (Å²) in [5.41, 5.74) is 2.60. The van der Waals surface area contributed by atoms with E-state index in [2.05, 4.69) is 15.5 Å². The highest BCUT2D eigenvalue weighted by molar-refractivity contribution is 8.00. The molecule has 7 heteroatoms. The van der Waals surface area contributed by atoms with Gasteiger partial charge in [0, 0.05) is 6.54 Å². The van der Waals surface area contributed by atoms with E-state index in [-0.39, 0.29) is 17.0 Å². The Morgan fingerprint density at radius 2 is 1.58 bits per heavy atom. The van der Waals surface area contributed by atoms with Crippen LogP contribution in [-0.4, -0.2) is 32.5 Å². The lowest BCUT2D eigenvalue weighted by Gasteiger charge is -2.14. The van der Waals surface area contributed by atoms with Crippen molar-refractivity contribution in [2.24, 2.45) is 0 Å². The summed E-state index contributed by atoms with van der Waals surface area (Å²) in [6, 6.07) is 26.4. The zero-order valence-corrected chi connectivity index (χ0v) is 19.1. The molecule has 0 radical (unpaired) electrons. The van der Waals surface area contributed by atoms with E-state index in [1.165, 1.54) is 23.4 Å². The molecule has 168 valence electrons. The van der Waals surface area contributed by atoms with E-state index < -0.39 is 0 Å². The van der Waals surface area contributed by atoms with Crippen molar-refractivity contribution in [1.82, 2.24) is 20.1 Å². The summed E-state index contributed by atoms with van der Waals surface area (Å²) in [5, 5.41) is 11.8. The van der Waals surface area contributed by atoms with E-state index in [1.54, 1.807) is 18.2 Å². The SMILES string of the molecule is CC(Sc1nnc(-c2ccccc2F)n1Cc1ccccc1)C(=O)NCCc1ccccc1. The highest BCUT2D eigenvalue weighted by atomic mass is 32.2. The first-order valence-corrected chi connectivity index (χ1v) is 11.7. The number of carbonyl (C=O) groups excluding carboxylic acids is 1. The molecule has 0 aliphatic heterocycles. The first-order chi connectivity index (χ1) is 16.1. The van der Waals surface area contributed by atoms with Crippen molar-refractivity contribution < 1.29 is 9.18 Å². The Labute approximate surface area is 197 Å². The minimum Gasteiger partial charge on any atom is -0.355 e. The molecule has 0 saturated carbocycles. The summed E-state index contributed by atoms with van der Waals surface area (Å²) in [4.78, 5) is 12.7. The van der Waals surface area contributed by atoms with Gasteiger partial charge in [-0.25, -0.2) is 4.39 Å². The summed E-state index contributed by atoms with van der Waals surface area (Å²) in [6.07, 6.45) is 0.769. The summed E-state index contributed by atoms with van der Waals surface area (Å²) in [7, 11) is 0. The number of benzene rings is 3. The zero-order valence-electron chi connectivity index (χ0n) is 18.3. The first kappa shape index (κ1) is 22.7. The fraction of sp³-hybridized carbons (Fsp3) is 0.192. The van der Waals surface area contributed by atoms with Gasteiger partial charge in [-0.15, -0.1) is 10.2 Å². The van der Waals surface area contributed by atoms with Crippen molar-refractivity contribution in [3.05, 3.63) is 102 Å². The van der Waals surface area contributed by atoms with E-state index in [1.807, 2.05) is 72.2 Å². The predicted molar refractivity (Wildman–Crippen MR) is 129 cm³/mol. The van der Waals surface area contributed by atoms with Gasteiger partial charge < -0.3 is 5.32 Å². The number of hydrogen-bond acceptors (Lipinski definition) is 4. The number of hydrogen-bond donors (Lipinski definition) is 1. The fourth-order valence-corrected chi connectivity index (χ4v) is 4.33. The highest BCUT2D eigenvalue weighted by Gasteiger charge is 2.22. The maximum Gasteiger partial charge on any atom is 0.233 e. The lowest BCUT2D eigenvalue weighted by molar-refractivity contribution is -0.120. The van der Waals surface area contributed by atoms with Crippen LogP contribution in [0.4, 0.5) is 4.39 Å². The molecule has 0 fully saturated rings. The van der Waals surface area contributed by atoms with Gasteiger partial charge in [-0.2, -0.15) is 0 Å². The molecule has 0 spiro atoms. The minimum absolute atomic E-state index is 0.0716. The van der Waals surface area contributed by atoms with Crippen LogP contribution in [0.3, 0.4) is 0 Å². The quantitative estimate of drug-likeness (QED) is 0.358. The molecule has 1 heterocycles. The standard InChI is InChI=1S/C26H25FN4OS/c1-19(25(32)28-17-16-20-10-4-2-5-11-20)33-26-30-29-24(22-14-8-9-15-23(22)27)31(26)18-21-12-6-3-7-13-21/h2-15,19H,16-18H2,1H3,(H,28,32). The topological polar surface area (TPSA) is 59.8 Å². The van der Waals surface area contributed by atoms with E-state index in [9.17, 15) is 9.18 Å². The van der Waals surface area contributed by atoms with Gasteiger partial charge in [-0.1, -0.05) is 84.6 Å². The molecular formula is C26H25FN4OS. The van der Waals surface area contributed by atoms with Crippen LogP contribution in [-0.2, 0) is 17.8 Å². The summed E-state index contributed by atoms with van der Waals surface area (Å²) >= 11 is 1.32. The van der Waals surface area contributed by atoms with Crippen LogP contribution in [0.1, 0.15) is 18.1 Å². The number of rotatable bonds is 9. The molecule has 5 nitrogen and oxygen atoms in total. The van der Waals surface area contributed by atoms with Gasteiger partial charge in [-0.3, -0.25) is 9.36 Å². The number of nitrogens with zero attached hydrogens (tertiary/aromatic N) is 3. The number of nitrogens with one attached hydrogen (secondary N) is 1. The largest absolute Gasteiger partial charge is 0.355 e. The van der Waals surface area contributed by atoms with Gasteiger partial charge >= 0.3 is 0 Å².